The number of rotatable bonds is 12. The Morgan fingerprint density at radius 2 is 2.03 bits per heavy atom. The van der Waals surface area contributed by atoms with Crippen molar-refractivity contribution in [3.8, 4) is 5.75 Å². The van der Waals surface area contributed by atoms with Gasteiger partial charge in [0.25, 0.3) is 0 Å². The van der Waals surface area contributed by atoms with Gasteiger partial charge in [-0.25, -0.2) is 13.2 Å². The highest BCUT2D eigenvalue weighted by Gasteiger charge is 2.10. The molecule has 0 fully saturated rings. The van der Waals surface area contributed by atoms with Gasteiger partial charge in [0.05, 0.1) is 19.0 Å². The summed E-state index contributed by atoms with van der Waals surface area (Å²) in [6.45, 7) is 5.23. The Hall–Kier alpha value is -3.34. The lowest BCUT2D eigenvalue weighted by atomic mass is 10.1. The maximum absolute atomic E-state index is 11.6. The molecule has 0 aliphatic heterocycles. The van der Waals surface area contributed by atoms with Gasteiger partial charge in [-0.05, 0) is 49.8 Å². The standard InChI is InChI=1S/C25H31N3O6S/c1-4-33-25(30)11-10-21-17(2)27-23-15-20(8-9-22(21)23)34-13-12-26-16-24(29)18-6-5-7-19(14-18)28-35(3,31)32/h5-11,14-15,24,26-29H,4,12-13,16H2,1-3H3/t24-/m0/s1. The number of anilines is 1. The normalized spacial score (nSPS) is 12.7. The zero-order chi connectivity index (χ0) is 25.4. The number of benzene rings is 2. The van der Waals surface area contributed by atoms with E-state index in [0.29, 0.717) is 36.8 Å². The van der Waals surface area contributed by atoms with E-state index in [0.717, 1.165) is 28.4 Å². The van der Waals surface area contributed by atoms with Gasteiger partial charge in [0.2, 0.25) is 10.0 Å². The van der Waals surface area contributed by atoms with Crippen molar-refractivity contribution in [2.75, 3.05) is 37.3 Å². The van der Waals surface area contributed by atoms with Crippen LogP contribution in [0.3, 0.4) is 0 Å². The van der Waals surface area contributed by atoms with E-state index in [1.807, 2.05) is 25.1 Å². The molecule has 3 aromatic rings. The highest BCUT2D eigenvalue weighted by molar-refractivity contribution is 7.92. The van der Waals surface area contributed by atoms with Gasteiger partial charge in [0.1, 0.15) is 12.4 Å². The summed E-state index contributed by atoms with van der Waals surface area (Å²) >= 11 is 0. The number of ether oxygens (including phenoxy) is 2. The van der Waals surface area contributed by atoms with Crippen LogP contribution >= 0.6 is 0 Å². The molecule has 0 bridgehead atoms. The second kappa shape index (κ2) is 11.9. The second-order valence-corrected chi connectivity index (χ2v) is 9.77. The van der Waals surface area contributed by atoms with Gasteiger partial charge in [0, 0.05) is 53.1 Å². The molecule has 0 saturated carbocycles. The average Bonchev–Trinajstić information content (AvgIpc) is 3.10. The van der Waals surface area contributed by atoms with Gasteiger partial charge >= 0.3 is 5.97 Å². The Labute approximate surface area is 205 Å². The second-order valence-electron chi connectivity index (χ2n) is 8.02. The van der Waals surface area contributed by atoms with Crippen LogP contribution in [0, 0.1) is 6.92 Å². The summed E-state index contributed by atoms with van der Waals surface area (Å²) in [5.41, 5.74) is 3.76. The van der Waals surface area contributed by atoms with E-state index in [9.17, 15) is 18.3 Å². The van der Waals surface area contributed by atoms with Crippen molar-refractivity contribution in [3.63, 3.8) is 0 Å². The Balaban J connectivity index is 1.50. The van der Waals surface area contributed by atoms with Gasteiger partial charge in [0.15, 0.2) is 0 Å². The third-order valence-corrected chi connectivity index (χ3v) is 5.75. The van der Waals surface area contributed by atoms with Crippen molar-refractivity contribution in [2.24, 2.45) is 0 Å². The number of aromatic nitrogens is 1. The fraction of sp³-hybridized carbons (Fsp3) is 0.320. The molecule has 0 amide bonds. The third kappa shape index (κ3) is 7.84. The lowest BCUT2D eigenvalue weighted by molar-refractivity contribution is -0.137. The molecule has 35 heavy (non-hydrogen) atoms. The Kier molecular flexibility index (Phi) is 8.91. The number of nitrogens with one attached hydrogen (secondary N) is 3. The summed E-state index contributed by atoms with van der Waals surface area (Å²) in [4.78, 5) is 14.9. The van der Waals surface area contributed by atoms with Crippen molar-refractivity contribution in [1.82, 2.24) is 10.3 Å². The predicted octanol–water partition coefficient (Wildman–Crippen LogP) is 3.13. The molecule has 4 N–H and O–H groups in total. The molecule has 1 aromatic heterocycles. The van der Waals surface area contributed by atoms with Gasteiger partial charge < -0.3 is 24.9 Å². The summed E-state index contributed by atoms with van der Waals surface area (Å²) < 4.78 is 35.9. The highest BCUT2D eigenvalue weighted by Crippen LogP contribution is 2.27. The zero-order valence-corrected chi connectivity index (χ0v) is 20.8. The van der Waals surface area contributed by atoms with E-state index >= 15 is 0 Å². The lowest BCUT2D eigenvalue weighted by Crippen LogP contribution is -2.26. The molecule has 9 nitrogen and oxygen atoms in total. The molecule has 1 atom stereocenters. The predicted molar refractivity (Wildman–Crippen MR) is 137 cm³/mol. The quantitative estimate of drug-likeness (QED) is 0.170. The highest BCUT2D eigenvalue weighted by atomic mass is 32.2. The van der Waals surface area contributed by atoms with E-state index in [-0.39, 0.29) is 12.5 Å². The summed E-state index contributed by atoms with van der Waals surface area (Å²) in [5, 5.41) is 14.5. The maximum Gasteiger partial charge on any atom is 0.330 e. The first-order chi connectivity index (χ1) is 16.7. The van der Waals surface area contributed by atoms with Crippen LogP contribution in [0.5, 0.6) is 5.75 Å². The zero-order valence-electron chi connectivity index (χ0n) is 20.0. The molecule has 188 valence electrons. The fourth-order valence-corrected chi connectivity index (χ4v) is 4.16. The summed E-state index contributed by atoms with van der Waals surface area (Å²) in [5.74, 6) is 0.318. The number of H-pyrrole nitrogens is 1. The number of hydrogen-bond acceptors (Lipinski definition) is 7. The minimum absolute atomic E-state index is 0.288. The molecular weight excluding hydrogens is 470 g/mol. The van der Waals surface area contributed by atoms with Crippen molar-refractivity contribution in [1.29, 1.82) is 0 Å². The molecule has 10 heteroatoms. The molecule has 0 unspecified atom stereocenters. The minimum atomic E-state index is -3.38. The number of aromatic amines is 1. The number of sulfonamides is 1. The van der Waals surface area contributed by atoms with Crippen molar-refractivity contribution < 1.29 is 27.8 Å². The number of aryl methyl sites for hydroxylation is 1. The average molecular weight is 502 g/mol. The number of carbonyl (C=O) groups is 1. The van der Waals surface area contributed by atoms with Crippen LogP contribution in [0.25, 0.3) is 17.0 Å². The fourth-order valence-electron chi connectivity index (χ4n) is 3.60. The molecule has 0 aliphatic carbocycles. The van der Waals surface area contributed by atoms with E-state index in [1.165, 1.54) is 6.08 Å². The van der Waals surface area contributed by atoms with Gasteiger partial charge in [-0.1, -0.05) is 12.1 Å². The Morgan fingerprint density at radius 1 is 1.23 bits per heavy atom. The number of aliphatic hydroxyl groups excluding tert-OH is 1. The van der Waals surface area contributed by atoms with Crippen LogP contribution in [0.2, 0.25) is 0 Å². The third-order valence-electron chi connectivity index (χ3n) is 5.14. The number of hydrogen-bond donors (Lipinski definition) is 4. The molecule has 1 heterocycles. The number of fused-ring (bicyclic) bond motifs is 1. The SMILES string of the molecule is CCOC(=O)C=Cc1c(C)[nH]c2cc(OCCNC[C@H](O)c3cccc(NS(C)(=O)=O)c3)ccc12. The lowest BCUT2D eigenvalue weighted by Gasteiger charge is -2.14. The van der Waals surface area contributed by atoms with E-state index < -0.39 is 16.1 Å². The molecule has 0 spiro atoms. The largest absolute Gasteiger partial charge is 0.492 e. The van der Waals surface area contributed by atoms with Gasteiger partial charge in [-0.15, -0.1) is 0 Å². The molecule has 0 radical (unpaired) electrons. The number of esters is 1. The van der Waals surface area contributed by atoms with Gasteiger partial charge in [-0.3, -0.25) is 4.72 Å². The van der Waals surface area contributed by atoms with Crippen LogP contribution in [0.15, 0.2) is 48.5 Å². The summed E-state index contributed by atoms with van der Waals surface area (Å²) in [6, 6.07) is 12.4. The van der Waals surface area contributed by atoms with Crippen LogP contribution in [-0.4, -0.2) is 57.0 Å². The Bertz CT molecular complexity index is 1300. The van der Waals surface area contributed by atoms with Crippen LogP contribution in [0.1, 0.15) is 29.8 Å². The van der Waals surface area contributed by atoms with E-state index in [4.69, 9.17) is 9.47 Å². The molecule has 2 aromatic carbocycles. The van der Waals surface area contributed by atoms with Crippen molar-refractivity contribution in [2.45, 2.75) is 20.0 Å². The molecule has 3 rings (SSSR count). The first kappa shape index (κ1) is 26.3. The van der Waals surface area contributed by atoms with E-state index in [2.05, 4.69) is 15.0 Å². The van der Waals surface area contributed by atoms with Gasteiger partial charge in [-0.2, -0.15) is 0 Å². The number of aliphatic hydroxyl groups is 1. The smallest absolute Gasteiger partial charge is 0.330 e. The monoisotopic (exact) mass is 501 g/mol. The summed E-state index contributed by atoms with van der Waals surface area (Å²) in [6.07, 6.45) is 3.45. The first-order valence-electron chi connectivity index (χ1n) is 11.2. The van der Waals surface area contributed by atoms with Crippen LogP contribution < -0.4 is 14.8 Å². The van der Waals surface area contributed by atoms with Crippen LogP contribution in [-0.2, 0) is 19.6 Å². The Morgan fingerprint density at radius 3 is 2.77 bits per heavy atom. The molecular formula is C25H31N3O6S. The number of carbonyl (C=O) groups excluding carboxylic acids is 1. The van der Waals surface area contributed by atoms with Crippen LogP contribution in [0.4, 0.5) is 5.69 Å². The van der Waals surface area contributed by atoms with Crippen molar-refractivity contribution in [3.05, 3.63) is 65.4 Å². The first-order valence-corrected chi connectivity index (χ1v) is 13.1. The molecule has 0 saturated heterocycles. The van der Waals surface area contributed by atoms with Crippen molar-refractivity contribution >= 4 is 38.7 Å². The topological polar surface area (TPSA) is 130 Å². The molecule has 0 aliphatic rings. The van der Waals surface area contributed by atoms with E-state index in [1.54, 1.807) is 37.3 Å². The summed E-state index contributed by atoms with van der Waals surface area (Å²) in [7, 11) is -3.38. The minimum Gasteiger partial charge on any atom is -0.492 e. The maximum atomic E-state index is 11.6.